The Kier molecular flexibility index (Phi) is 4.71. The molecule has 4 aromatic rings. The number of rotatable bonds is 4. The fraction of sp³-hybridized carbons (Fsp3) is 0.292. The highest BCUT2D eigenvalue weighted by Gasteiger charge is 2.15. The van der Waals surface area contributed by atoms with Gasteiger partial charge in [0.1, 0.15) is 11.3 Å². The first kappa shape index (κ1) is 18.8. The number of fused-ring (bicyclic) bond motifs is 3. The average Bonchev–Trinajstić information content (AvgIpc) is 3.25. The number of anilines is 2. The molecule has 2 aromatic heterocycles. The SMILES string of the molecule is Cc1nc2ccc3nccc(Nc4ccc(O)c(CN5CCCC5)c4)c3c2nc1C. The van der Waals surface area contributed by atoms with Crippen LogP contribution in [0.1, 0.15) is 29.8 Å². The van der Waals surface area contributed by atoms with Gasteiger partial charge in [-0.05, 0) is 76.2 Å². The lowest BCUT2D eigenvalue weighted by Crippen LogP contribution is -2.18. The Morgan fingerprint density at radius 3 is 2.57 bits per heavy atom. The summed E-state index contributed by atoms with van der Waals surface area (Å²) < 4.78 is 0. The van der Waals surface area contributed by atoms with E-state index in [1.165, 1.54) is 12.8 Å². The minimum absolute atomic E-state index is 0.342. The normalized spacial score (nSPS) is 14.6. The highest BCUT2D eigenvalue weighted by Crippen LogP contribution is 2.32. The molecule has 0 amide bonds. The van der Waals surface area contributed by atoms with Gasteiger partial charge in [-0.3, -0.25) is 9.88 Å². The van der Waals surface area contributed by atoms with Crippen LogP contribution in [0.3, 0.4) is 0 Å². The molecule has 0 radical (unpaired) electrons. The number of nitrogens with zero attached hydrogens (tertiary/aromatic N) is 4. The van der Waals surface area contributed by atoms with E-state index in [-0.39, 0.29) is 0 Å². The van der Waals surface area contributed by atoms with Gasteiger partial charge in [-0.25, -0.2) is 9.97 Å². The Bertz CT molecular complexity index is 1250. The Balaban J connectivity index is 1.57. The molecule has 1 aliphatic heterocycles. The summed E-state index contributed by atoms with van der Waals surface area (Å²) in [5.41, 5.74) is 7.25. The summed E-state index contributed by atoms with van der Waals surface area (Å²) in [5.74, 6) is 0.342. The zero-order chi connectivity index (χ0) is 20.7. The van der Waals surface area contributed by atoms with E-state index in [1.807, 2.05) is 44.2 Å². The van der Waals surface area contributed by atoms with Gasteiger partial charge in [0.05, 0.1) is 33.5 Å². The first-order valence-corrected chi connectivity index (χ1v) is 10.4. The third-order valence-corrected chi connectivity index (χ3v) is 5.90. The maximum Gasteiger partial charge on any atom is 0.120 e. The van der Waals surface area contributed by atoms with Crippen molar-refractivity contribution in [3.63, 3.8) is 0 Å². The van der Waals surface area contributed by atoms with Gasteiger partial charge in [0.15, 0.2) is 0 Å². The number of pyridine rings is 1. The molecule has 0 saturated carbocycles. The standard InChI is InChI=1S/C24H25N5O/c1-15-16(2)27-24-21(26-15)7-6-19-23(24)20(9-10-25-19)28-18-5-8-22(30)17(13-18)14-29-11-3-4-12-29/h5-10,13,30H,3-4,11-12,14H2,1-2H3,(H,25,28). The van der Waals surface area contributed by atoms with Gasteiger partial charge in [-0.15, -0.1) is 0 Å². The Morgan fingerprint density at radius 1 is 0.967 bits per heavy atom. The van der Waals surface area contributed by atoms with Crippen molar-refractivity contribution in [1.29, 1.82) is 0 Å². The fourth-order valence-corrected chi connectivity index (χ4v) is 4.16. The van der Waals surface area contributed by atoms with Crippen LogP contribution in [-0.2, 0) is 6.54 Å². The van der Waals surface area contributed by atoms with Crippen molar-refractivity contribution in [2.45, 2.75) is 33.2 Å². The third kappa shape index (κ3) is 3.44. The van der Waals surface area contributed by atoms with Crippen LogP contribution in [0.2, 0.25) is 0 Å². The molecule has 6 heteroatoms. The van der Waals surface area contributed by atoms with Crippen LogP contribution in [0.15, 0.2) is 42.6 Å². The Labute approximate surface area is 175 Å². The van der Waals surface area contributed by atoms with E-state index in [2.05, 4.69) is 15.2 Å². The molecule has 2 N–H and O–H groups in total. The topological polar surface area (TPSA) is 74.2 Å². The monoisotopic (exact) mass is 399 g/mol. The average molecular weight is 399 g/mol. The van der Waals surface area contributed by atoms with E-state index in [0.29, 0.717) is 5.75 Å². The molecular weight excluding hydrogens is 374 g/mol. The van der Waals surface area contributed by atoms with Gasteiger partial charge in [0, 0.05) is 24.0 Å². The van der Waals surface area contributed by atoms with Crippen molar-refractivity contribution in [3.8, 4) is 5.75 Å². The number of likely N-dealkylation sites (tertiary alicyclic amines) is 1. The molecule has 6 nitrogen and oxygen atoms in total. The highest BCUT2D eigenvalue weighted by atomic mass is 16.3. The van der Waals surface area contributed by atoms with Gasteiger partial charge in [0.2, 0.25) is 0 Å². The number of aromatic hydroxyl groups is 1. The molecule has 0 unspecified atom stereocenters. The van der Waals surface area contributed by atoms with Crippen LogP contribution in [0, 0.1) is 13.8 Å². The smallest absolute Gasteiger partial charge is 0.120 e. The third-order valence-electron chi connectivity index (χ3n) is 5.90. The van der Waals surface area contributed by atoms with Crippen molar-refractivity contribution >= 4 is 33.3 Å². The van der Waals surface area contributed by atoms with Crippen LogP contribution in [0.4, 0.5) is 11.4 Å². The molecule has 152 valence electrons. The minimum Gasteiger partial charge on any atom is -0.508 e. The molecule has 5 rings (SSSR count). The number of aromatic nitrogens is 3. The Morgan fingerprint density at radius 2 is 1.73 bits per heavy atom. The number of phenols is 1. The quantitative estimate of drug-likeness (QED) is 0.378. The molecule has 0 spiro atoms. The molecule has 1 aliphatic rings. The van der Waals surface area contributed by atoms with Crippen molar-refractivity contribution in [2.24, 2.45) is 0 Å². The number of phenolic OH excluding ortho intramolecular Hbond substituents is 1. The molecule has 1 fully saturated rings. The molecule has 3 heterocycles. The predicted molar refractivity (Wildman–Crippen MR) is 120 cm³/mol. The number of benzene rings is 2. The van der Waals surface area contributed by atoms with Crippen molar-refractivity contribution in [3.05, 3.63) is 59.5 Å². The van der Waals surface area contributed by atoms with E-state index < -0.39 is 0 Å². The summed E-state index contributed by atoms with van der Waals surface area (Å²) in [7, 11) is 0. The largest absolute Gasteiger partial charge is 0.508 e. The van der Waals surface area contributed by atoms with Crippen LogP contribution in [-0.4, -0.2) is 38.0 Å². The first-order chi connectivity index (χ1) is 14.6. The lowest BCUT2D eigenvalue weighted by molar-refractivity contribution is 0.324. The number of aryl methyl sites for hydroxylation is 2. The molecule has 0 atom stereocenters. The fourth-order valence-electron chi connectivity index (χ4n) is 4.16. The molecule has 2 aromatic carbocycles. The number of nitrogens with one attached hydrogen (secondary N) is 1. The summed E-state index contributed by atoms with van der Waals surface area (Å²) in [6, 6.07) is 11.6. The molecule has 1 saturated heterocycles. The maximum atomic E-state index is 10.3. The molecule has 30 heavy (non-hydrogen) atoms. The van der Waals surface area contributed by atoms with Gasteiger partial charge >= 0.3 is 0 Å². The van der Waals surface area contributed by atoms with E-state index >= 15 is 0 Å². The summed E-state index contributed by atoms with van der Waals surface area (Å²) >= 11 is 0. The van der Waals surface area contributed by atoms with Gasteiger partial charge in [-0.2, -0.15) is 0 Å². The highest BCUT2D eigenvalue weighted by molar-refractivity contribution is 6.09. The predicted octanol–water partition coefficient (Wildman–Crippen LogP) is 4.84. The van der Waals surface area contributed by atoms with E-state index in [1.54, 1.807) is 12.3 Å². The zero-order valence-corrected chi connectivity index (χ0v) is 17.3. The minimum atomic E-state index is 0.342. The van der Waals surface area contributed by atoms with Gasteiger partial charge < -0.3 is 10.4 Å². The van der Waals surface area contributed by atoms with Gasteiger partial charge in [0.25, 0.3) is 0 Å². The lowest BCUT2D eigenvalue weighted by Gasteiger charge is -2.17. The first-order valence-electron chi connectivity index (χ1n) is 10.4. The van der Waals surface area contributed by atoms with Crippen molar-refractivity contribution in [1.82, 2.24) is 19.9 Å². The second-order valence-electron chi connectivity index (χ2n) is 8.03. The molecular formula is C24H25N5O. The summed E-state index contributed by atoms with van der Waals surface area (Å²) in [5, 5.41) is 14.8. The van der Waals surface area contributed by atoms with Crippen molar-refractivity contribution < 1.29 is 5.11 Å². The second-order valence-corrected chi connectivity index (χ2v) is 8.03. The second kappa shape index (κ2) is 7.54. The van der Waals surface area contributed by atoms with Crippen LogP contribution < -0.4 is 5.32 Å². The zero-order valence-electron chi connectivity index (χ0n) is 17.3. The van der Waals surface area contributed by atoms with E-state index in [4.69, 9.17) is 9.97 Å². The molecule has 0 bridgehead atoms. The summed E-state index contributed by atoms with van der Waals surface area (Å²) in [6.07, 6.45) is 4.26. The summed E-state index contributed by atoms with van der Waals surface area (Å²) in [6.45, 7) is 6.91. The van der Waals surface area contributed by atoms with Crippen LogP contribution in [0.5, 0.6) is 5.75 Å². The van der Waals surface area contributed by atoms with Gasteiger partial charge in [-0.1, -0.05) is 0 Å². The van der Waals surface area contributed by atoms with E-state index in [0.717, 1.165) is 69.9 Å². The maximum absolute atomic E-state index is 10.3. The number of hydrogen-bond acceptors (Lipinski definition) is 6. The Hall–Kier alpha value is -3.25. The number of hydrogen-bond donors (Lipinski definition) is 2. The van der Waals surface area contributed by atoms with Crippen LogP contribution >= 0.6 is 0 Å². The lowest BCUT2D eigenvalue weighted by atomic mass is 10.1. The van der Waals surface area contributed by atoms with Crippen LogP contribution in [0.25, 0.3) is 21.9 Å². The summed E-state index contributed by atoms with van der Waals surface area (Å²) in [4.78, 5) is 16.4. The molecule has 0 aliphatic carbocycles. The van der Waals surface area contributed by atoms with E-state index in [9.17, 15) is 5.11 Å². The van der Waals surface area contributed by atoms with Crippen molar-refractivity contribution in [2.75, 3.05) is 18.4 Å².